The molecule has 0 saturated heterocycles. The average molecular weight is 310 g/mol. The van der Waals surface area contributed by atoms with Crippen LogP contribution >= 0.6 is 0 Å². The van der Waals surface area contributed by atoms with Crippen LogP contribution in [0.3, 0.4) is 0 Å². The molecule has 120 valence electrons. The normalized spacial score (nSPS) is 17.7. The van der Waals surface area contributed by atoms with Crippen molar-refractivity contribution in [1.29, 1.82) is 0 Å². The standard InChI is InChI=1S/C19H22N2O2/c1-13(22)21-18-9-10-23-19-8-7-15(12-16(18)19)17(20)11-14-5-3-2-4-6-14/h2-8,12,17-18H,9-11,20H2,1H3,(H,21,22). The third-order valence-corrected chi connectivity index (χ3v) is 4.18. The molecule has 1 aliphatic heterocycles. The lowest BCUT2D eigenvalue weighted by Crippen LogP contribution is -2.30. The van der Waals surface area contributed by atoms with E-state index in [9.17, 15) is 4.79 Å². The molecule has 3 rings (SSSR count). The molecule has 4 nitrogen and oxygen atoms in total. The topological polar surface area (TPSA) is 64.3 Å². The summed E-state index contributed by atoms with van der Waals surface area (Å²) >= 11 is 0. The molecule has 1 aliphatic rings. The Morgan fingerprint density at radius 3 is 2.83 bits per heavy atom. The Labute approximate surface area is 136 Å². The van der Waals surface area contributed by atoms with Crippen LogP contribution in [0.15, 0.2) is 48.5 Å². The van der Waals surface area contributed by atoms with Gasteiger partial charge in [-0.15, -0.1) is 0 Å². The molecule has 0 radical (unpaired) electrons. The van der Waals surface area contributed by atoms with Gasteiger partial charge in [-0.3, -0.25) is 4.79 Å². The van der Waals surface area contributed by atoms with Gasteiger partial charge in [-0.05, 0) is 29.7 Å². The lowest BCUT2D eigenvalue weighted by atomic mass is 9.93. The fraction of sp³-hybridized carbons (Fsp3) is 0.316. The third-order valence-electron chi connectivity index (χ3n) is 4.18. The van der Waals surface area contributed by atoms with Crippen LogP contribution < -0.4 is 15.8 Å². The molecule has 0 bridgehead atoms. The summed E-state index contributed by atoms with van der Waals surface area (Å²) in [6.07, 6.45) is 1.56. The number of rotatable bonds is 4. The number of hydrogen-bond donors (Lipinski definition) is 2. The maximum atomic E-state index is 11.4. The van der Waals surface area contributed by atoms with Crippen LogP contribution in [0.5, 0.6) is 5.75 Å². The molecular weight excluding hydrogens is 288 g/mol. The Bertz CT molecular complexity index is 685. The summed E-state index contributed by atoms with van der Waals surface area (Å²) in [4.78, 5) is 11.4. The van der Waals surface area contributed by atoms with Gasteiger partial charge in [0, 0.05) is 24.9 Å². The van der Waals surface area contributed by atoms with Crippen LogP contribution in [0, 0.1) is 0 Å². The molecule has 0 fully saturated rings. The van der Waals surface area contributed by atoms with Gasteiger partial charge in [0.1, 0.15) is 5.75 Å². The van der Waals surface area contributed by atoms with Gasteiger partial charge in [0.15, 0.2) is 0 Å². The number of nitrogens with two attached hydrogens (primary N) is 1. The molecule has 0 saturated carbocycles. The smallest absolute Gasteiger partial charge is 0.217 e. The second-order valence-corrected chi connectivity index (χ2v) is 5.98. The summed E-state index contributed by atoms with van der Waals surface area (Å²) in [6.45, 7) is 2.16. The second-order valence-electron chi connectivity index (χ2n) is 5.98. The molecule has 2 aromatic rings. The van der Waals surface area contributed by atoms with Crippen LogP contribution in [0.4, 0.5) is 0 Å². The first kappa shape index (κ1) is 15.6. The van der Waals surface area contributed by atoms with E-state index in [1.165, 1.54) is 5.56 Å². The quantitative estimate of drug-likeness (QED) is 0.912. The van der Waals surface area contributed by atoms with E-state index in [-0.39, 0.29) is 18.0 Å². The first-order valence-electron chi connectivity index (χ1n) is 7.97. The Hall–Kier alpha value is -2.33. The van der Waals surface area contributed by atoms with Crippen molar-refractivity contribution in [2.45, 2.75) is 31.8 Å². The molecule has 1 heterocycles. The number of benzene rings is 2. The van der Waals surface area contributed by atoms with E-state index >= 15 is 0 Å². The number of nitrogens with one attached hydrogen (secondary N) is 1. The Kier molecular flexibility index (Phi) is 4.63. The molecule has 0 aliphatic carbocycles. The van der Waals surface area contributed by atoms with Crippen molar-refractivity contribution in [1.82, 2.24) is 5.32 Å². The Morgan fingerprint density at radius 2 is 2.09 bits per heavy atom. The molecule has 4 heteroatoms. The number of carbonyl (C=O) groups excluding carboxylic acids is 1. The van der Waals surface area contributed by atoms with E-state index in [0.29, 0.717) is 6.61 Å². The van der Waals surface area contributed by atoms with E-state index in [4.69, 9.17) is 10.5 Å². The zero-order valence-corrected chi connectivity index (χ0v) is 13.3. The van der Waals surface area contributed by atoms with Crippen molar-refractivity contribution < 1.29 is 9.53 Å². The number of ether oxygens (including phenoxy) is 1. The molecule has 0 aromatic heterocycles. The number of carbonyl (C=O) groups is 1. The minimum Gasteiger partial charge on any atom is -0.493 e. The molecule has 2 unspecified atom stereocenters. The van der Waals surface area contributed by atoms with E-state index in [1.807, 2.05) is 30.3 Å². The van der Waals surface area contributed by atoms with Gasteiger partial charge in [-0.2, -0.15) is 0 Å². The maximum absolute atomic E-state index is 11.4. The van der Waals surface area contributed by atoms with E-state index in [1.54, 1.807) is 6.92 Å². The van der Waals surface area contributed by atoms with E-state index in [2.05, 4.69) is 23.5 Å². The first-order chi connectivity index (χ1) is 11.1. The summed E-state index contributed by atoms with van der Waals surface area (Å²) in [6, 6.07) is 16.2. The predicted octanol–water partition coefficient (Wildman–Crippen LogP) is 2.89. The van der Waals surface area contributed by atoms with Crippen molar-refractivity contribution in [3.8, 4) is 5.75 Å². The zero-order valence-electron chi connectivity index (χ0n) is 13.3. The van der Waals surface area contributed by atoms with Gasteiger partial charge in [0.05, 0.1) is 12.6 Å². The molecule has 2 atom stereocenters. The van der Waals surface area contributed by atoms with Gasteiger partial charge in [0.25, 0.3) is 0 Å². The lowest BCUT2D eigenvalue weighted by molar-refractivity contribution is -0.119. The molecular formula is C19H22N2O2. The molecule has 1 amide bonds. The van der Waals surface area contributed by atoms with Crippen molar-refractivity contribution >= 4 is 5.91 Å². The molecule has 0 spiro atoms. The number of hydrogen-bond acceptors (Lipinski definition) is 3. The number of fused-ring (bicyclic) bond motifs is 1. The minimum absolute atomic E-state index is 0.000116. The summed E-state index contributed by atoms with van der Waals surface area (Å²) in [7, 11) is 0. The molecule has 2 aromatic carbocycles. The minimum atomic E-state index is -0.0809. The third kappa shape index (κ3) is 3.71. The lowest BCUT2D eigenvalue weighted by Gasteiger charge is -2.27. The summed E-state index contributed by atoms with van der Waals surface area (Å²) < 4.78 is 5.70. The van der Waals surface area contributed by atoms with Crippen LogP contribution in [-0.2, 0) is 11.2 Å². The van der Waals surface area contributed by atoms with Crippen LogP contribution in [-0.4, -0.2) is 12.5 Å². The largest absolute Gasteiger partial charge is 0.493 e. The highest BCUT2D eigenvalue weighted by Crippen LogP contribution is 2.34. The highest BCUT2D eigenvalue weighted by Gasteiger charge is 2.23. The average Bonchev–Trinajstić information content (AvgIpc) is 2.55. The van der Waals surface area contributed by atoms with Crippen molar-refractivity contribution in [2.75, 3.05) is 6.61 Å². The maximum Gasteiger partial charge on any atom is 0.217 e. The Morgan fingerprint density at radius 1 is 1.30 bits per heavy atom. The van der Waals surface area contributed by atoms with E-state index < -0.39 is 0 Å². The van der Waals surface area contributed by atoms with Crippen molar-refractivity contribution in [3.05, 3.63) is 65.2 Å². The van der Waals surface area contributed by atoms with Gasteiger partial charge in [-0.25, -0.2) is 0 Å². The molecule has 3 N–H and O–H groups in total. The van der Waals surface area contributed by atoms with Crippen molar-refractivity contribution in [3.63, 3.8) is 0 Å². The highest BCUT2D eigenvalue weighted by atomic mass is 16.5. The fourth-order valence-corrected chi connectivity index (χ4v) is 3.02. The van der Waals surface area contributed by atoms with Crippen LogP contribution in [0.2, 0.25) is 0 Å². The van der Waals surface area contributed by atoms with Crippen LogP contribution in [0.1, 0.15) is 42.1 Å². The molecule has 23 heavy (non-hydrogen) atoms. The highest BCUT2D eigenvalue weighted by molar-refractivity contribution is 5.73. The van der Waals surface area contributed by atoms with Gasteiger partial charge >= 0.3 is 0 Å². The zero-order chi connectivity index (χ0) is 16.2. The van der Waals surface area contributed by atoms with Crippen molar-refractivity contribution in [2.24, 2.45) is 5.73 Å². The summed E-state index contributed by atoms with van der Waals surface area (Å²) in [5, 5.41) is 2.99. The SMILES string of the molecule is CC(=O)NC1CCOc2ccc(C(N)Cc3ccccc3)cc21. The Balaban J connectivity index is 1.82. The fourth-order valence-electron chi connectivity index (χ4n) is 3.02. The van der Waals surface area contributed by atoms with Gasteiger partial charge in [0.2, 0.25) is 5.91 Å². The number of amides is 1. The monoisotopic (exact) mass is 310 g/mol. The second kappa shape index (κ2) is 6.84. The van der Waals surface area contributed by atoms with E-state index in [0.717, 1.165) is 29.7 Å². The summed E-state index contributed by atoms with van der Waals surface area (Å²) in [5.41, 5.74) is 9.68. The van der Waals surface area contributed by atoms with Gasteiger partial charge < -0.3 is 15.8 Å². The predicted molar refractivity (Wildman–Crippen MR) is 90.2 cm³/mol. The van der Waals surface area contributed by atoms with Gasteiger partial charge in [-0.1, -0.05) is 36.4 Å². The first-order valence-corrected chi connectivity index (χ1v) is 7.97. The summed E-state index contributed by atoms with van der Waals surface area (Å²) in [5.74, 6) is 0.812. The van der Waals surface area contributed by atoms with Crippen LogP contribution in [0.25, 0.3) is 0 Å².